The number of nitrogens with one attached hydrogen (secondary N) is 1. The van der Waals surface area contributed by atoms with Crippen LogP contribution in [0.15, 0.2) is 61.2 Å². The summed E-state index contributed by atoms with van der Waals surface area (Å²) in [6, 6.07) is 11.7. The second-order valence-electron chi connectivity index (χ2n) is 6.57. The molecule has 0 aliphatic carbocycles. The summed E-state index contributed by atoms with van der Waals surface area (Å²) in [4.78, 5) is 29.5. The zero-order chi connectivity index (χ0) is 20.2. The first-order valence-electron chi connectivity index (χ1n) is 9.14. The van der Waals surface area contributed by atoms with Gasteiger partial charge in [0.1, 0.15) is 18.3 Å². The average Bonchev–Trinajstić information content (AvgIpc) is 3.39. The molecule has 0 radical (unpaired) electrons. The van der Waals surface area contributed by atoms with Gasteiger partial charge in [0.15, 0.2) is 5.82 Å². The van der Waals surface area contributed by atoms with Crippen LogP contribution in [0.2, 0.25) is 0 Å². The van der Waals surface area contributed by atoms with E-state index in [-0.39, 0.29) is 17.5 Å². The highest BCUT2D eigenvalue weighted by molar-refractivity contribution is 6.02. The summed E-state index contributed by atoms with van der Waals surface area (Å²) in [7, 11) is 0. The Bertz CT molecular complexity index is 1060. The molecule has 1 N–H and O–H groups in total. The molecule has 1 aliphatic heterocycles. The number of benzene rings is 2. The predicted molar refractivity (Wildman–Crippen MR) is 107 cm³/mol. The highest BCUT2D eigenvalue weighted by atomic mass is 19.1. The van der Waals surface area contributed by atoms with Crippen molar-refractivity contribution < 1.29 is 14.0 Å². The van der Waals surface area contributed by atoms with E-state index in [9.17, 15) is 14.0 Å². The number of hydrogen-bond donors (Lipinski definition) is 1. The minimum atomic E-state index is -0.524. The summed E-state index contributed by atoms with van der Waals surface area (Å²) >= 11 is 0. The van der Waals surface area contributed by atoms with Crippen molar-refractivity contribution >= 4 is 29.3 Å². The number of carbonyl (C=O) groups excluding carboxylic acids is 2. The first-order valence-corrected chi connectivity index (χ1v) is 9.14. The van der Waals surface area contributed by atoms with Gasteiger partial charge in [0.25, 0.3) is 0 Å². The predicted octanol–water partition coefficient (Wildman–Crippen LogP) is 3.19. The van der Waals surface area contributed by atoms with Crippen LogP contribution in [0.5, 0.6) is 0 Å². The second-order valence-corrected chi connectivity index (χ2v) is 6.57. The normalized spacial score (nSPS) is 14.0. The van der Waals surface area contributed by atoms with Crippen LogP contribution in [-0.2, 0) is 9.59 Å². The monoisotopic (exact) mass is 391 g/mol. The van der Waals surface area contributed by atoms with Crippen LogP contribution in [-0.4, -0.2) is 33.1 Å². The molecule has 0 unspecified atom stereocenters. The van der Waals surface area contributed by atoms with E-state index in [1.165, 1.54) is 35.5 Å². The van der Waals surface area contributed by atoms with E-state index in [2.05, 4.69) is 15.4 Å². The SMILES string of the molecule is O=C(C=Cc1ccc(N2CCCC2=O)cc1)Nc1ccc(-n2cncn2)c(F)c1. The van der Waals surface area contributed by atoms with Gasteiger partial charge in [-0.2, -0.15) is 5.10 Å². The van der Waals surface area contributed by atoms with Crippen molar-refractivity contribution in [3.63, 3.8) is 0 Å². The van der Waals surface area contributed by atoms with E-state index >= 15 is 0 Å². The van der Waals surface area contributed by atoms with Crippen LogP contribution in [0.1, 0.15) is 18.4 Å². The van der Waals surface area contributed by atoms with Crippen molar-refractivity contribution in [2.24, 2.45) is 0 Å². The summed E-state index contributed by atoms with van der Waals surface area (Å²) in [5.41, 5.74) is 2.26. The maximum atomic E-state index is 14.2. The Balaban J connectivity index is 1.38. The van der Waals surface area contributed by atoms with Gasteiger partial charge in [-0.25, -0.2) is 14.1 Å². The molecule has 0 spiro atoms. The molecule has 8 heteroatoms. The number of amides is 2. The third-order valence-corrected chi connectivity index (χ3v) is 4.59. The Morgan fingerprint density at radius 2 is 2.00 bits per heavy atom. The lowest BCUT2D eigenvalue weighted by atomic mass is 10.2. The number of halogens is 1. The lowest BCUT2D eigenvalue weighted by Crippen LogP contribution is -2.23. The number of rotatable bonds is 5. The third-order valence-electron chi connectivity index (χ3n) is 4.59. The summed E-state index contributed by atoms with van der Waals surface area (Å²) in [5.74, 6) is -0.768. The van der Waals surface area contributed by atoms with Gasteiger partial charge in [0.2, 0.25) is 11.8 Å². The van der Waals surface area contributed by atoms with Gasteiger partial charge in [-0.3, -0.25) is 9.59 Å². The molecule has 1 aliphatic rings. The molecule has 0 bridgehead atoms. The van der Waals surface area contributed by atoms with Crippen LogP contribution in [0.3, 0.4) is 0 Å². The zero-order valence-electron chi connectivity index (χ0n) is 15.5. The maximum Gasteiger partial charge on any atom is 0.248 e. The van der Waals surface area contributed by atoms with E-state index in [1.54, 1.807) is 17.0 Å². The Morgan fingerprint density at radius 3 is 2.66 bits per heavy atom. The quantitative estimate of drug-likeness (QED) is 0.678. The van der Waals surface area contributed by atoms with E-state index < -0.39 is 5.82 Å². The first kappa shape index (κ1) is 18.5. The Morgan fingerprint density at radius 1 is 1.17 bits per heavy atom. The van der Waals surface area contributed by atoms with Crippen LogP contribution < -0.4 is 10.2 Å². The number of carbonyl (C=O) groups is 2. The van der Waals surface area contributed by atoms with Crippen molar-refractivity contribution in [1.82, 2.24) is 14.8 Å². The number of nitrogens with zero attached hydrogens (tertiary/aromatic N) is 4. The molecule has 2 aromatic carbocycles. The van der Waals surface area contributed by atoms with E-state index in [1.807, 2.05) is 24.3 Å². The third kappa shape index (κ3) is 4.21. The first-order chi connectivity index (χ1) is 14.1. The summed E-state index contributed by atoms with van der Waals surface area (Å²) in [6.07, 6.45) is 7.20. The lowest BCUT2D eigenvalue weighted by Gasteiger charge is -2.15. The van der Waals surface area contributed by atoms with E-state index in [0.717, 1.165) is 24.2 Å². The molecule has 2 amide bonds. The van der Waals surface area contributed by atoms with Gasteiger partial charge in [0.05, 0.1) is 0 Å². The van der Waals surface area contributed by atoms with Crippen molar-refractivity contribution in [3.05, 3.63) is 72.6 Å². The van der Waals surface area contributed by atoms with Crippen LogP contribution >= 0.6 is 0 Å². The van der Waals surface area contributed by atoms with Gasteiger partial charge >= 0.3 is 0 Å². The lowest BCUT2D eigenvalue weighted by molar-refractivity contribution is -0.117. The number of anilines is 2. The van der Waals surface area contributed by atoms with Crippen molar-refractivity contribution in [2.45, 2.75) is 12.8 Å². The Kier molecular flexibility index (Phi) is 5.15. The molecule has 29 heavy (non-hydrogen) atoms. The fraction of sp³-hybridized carbons (Fsp3) is 0.143. The number of hydrogen-bond acceptors (Lipinski definition) is 4. The smallest absolute Gasteiger partial charge is 0.248 e. The van der Waals surface area contributed by atoms with Gasteiger partial charge in [-0.1, -0.05) is 12.1 Å². The molecule has 1 aromatic heterocycles. The van der Waals surface area contributed by atoms with Crippen molar-refractivity contribution in [1.29, 1.82) is 0 Å². The molecule has 146 valence electrons. The Labute approximate surface area is 166 Å². The molecular formula is C21H18FN5O2. The fourth-order valence-electron chi connectivity index (χ4n) is 3.15. The fourth-order valence-corrected chi connectivity index (χ4v) is 3.15. The van der Waals surface area contributed by atoms with Gasteiger partial charge < -0.3 is 10.2 Å². The molecule has 4 rings (SSSR count). The standard InChI is InChI=1S/C21H18FN5O2/c22-18-12-16(6-9-19(18)27-14-23-13-24-27)25-20(28)10-5-15-3-7-17(8-4-15)26-11-1-2-21(26)29/h3-10,12-14H,1-2,11H2,(H,25,28). The topological polar surface area (TPSA) is 80.1 Å². The average molecular weight is 391 g/mol. The Hall–Kier alpha value is -3.81. The minimum absolute atomic E-state index is 0.134. The van der Waals surface area contributed by atoms with Crippen LogP contribution in [0, 0.1) is 5.82 Å². The second kappa shape index (κ2) is 8.05. The number of aromatic nitrogens is 3. The van der Waals surface area contributed by atoms with Gasteiger partial charge in [-0.05, 0) is 48.4 Å². The largest absolute Gasteiger partial charge is 0.322 e. The molecule has 1 fully saturated rings. The summed E-state index contributed by atoms with van der Waals surface area (Å²) in [6.45, 7) is 0.739. The van der Waals surface area contributed by atoms with Crippen LogP contribution in [0.25, 0.3) is 11.8 Å². The molecule has 2 heterocycles. The molecule has 1 saturated heterocycles. The molecule has 7 nitrogen and oxygen atoms in total. The van der Waals surface area contributed by atoms with E-state index in [0.29, 0.717) is 12.1 Å². The molecular weight excluding hydrogens is 373 g/mol. The van der Waals surface area contributed by atoms with Crippen molar-refractivity contribution in [3.8, 4) is 5.69 Å². The summed E-state index contributed by atoms with van der Waals surface area (Å²) in [5, 5.41) is 6.51. The van der Waals surface area contributed by atoms with Crippen LogP contribution in [0.4, 0.5) is 15.8 Å². The highest BCUT2D eigenvalue weighted by Gasteiger charge is 2.21. The van der Waals surface area contributed by atoms with Gasteiger partial charge in [-0.15, -0.1) is 0 Å². The molecule has 0 saturated carbocycles. The maximum absolute atomic E-state index is 14.2. The van der Waals surface area contributed by atoms with Gasteiger partial charge in [0, 0.05) is 30.4 Å². The van der Waals surface area contributed by atoms with E-state index in [4.69, 9.17) is 0 Å². The molecule has 0 atom stereocenters. The zero-order valence-corrected chi connectivity index (χ0v) is 15.5. The summed E-state index contributed by atoms with van der Waals surface area (Å²) < 4.78 is 15.5. The minimum Gasteiger partial charge on any atom is -0.322 e. The highest BCUT2D eigenvalue weighted by Crippen LogP contribution is 2.22. The van der Waals surface area contributed by atoms with Crippen molar-refractivity contribution in [2.75, 3.05) is 16.8 Å². The molecule has 3 aromatic rings.